The van der Waals surface area contributed by atoms with E-state index in [2.05, 4.69) is 232 Å². The third-order valence-corrected chi connectivity index (χ3v) is 28.2. The number of para-hydroxylation sites is 4. The molecule has 0 N–H and O–H groups in total. The van der Waals surface area contributed by atoms with Crippen molar-refractivity contribution < 1.29 is 80.4 Å². The summed E-state index contributed by atoms with van der Waals surface area (Å²) in [5.41, 5.74) is 14.2. The first-order chi connectivity index (χ1) is 51.4. The van der Waals surface area contributed by atoms with Crippen LogP contribution in [0, 0.1) is 113 Å². The van der Waals surface area contributed by atoms with Crippen LogP contribution in [0.4, 0.5) is 0 Å². The smallest absolute Gasteiger partial charge is 0.0990 e. The molecule has 0 amide bonds. The predicted octanol–water partition coefficient (Wildman–Crippen LogP) is 20.5. The number of tetrazole rings is 2. The number of fused-ring (bicyclic) bond motifs is 2. The molecular formula is C92H92Ir4N12-4. The zero-order valence-corrected chi connectivity index (χ0v) is 70.5. The van der Waals surface area contributed by atoms with Gasteiger partial charge in [0.05, 0.1) is 56.9 Å². The second-order valence-corrected chi connectivity index (χ2v) is 34.6. The van der Waals surface area contributed by atoms with Gasteiger partial charge in [0.25, 0.3) is 0 Å². The Balaban J connectivity index is 0.000000106. The van der Waals surface area contributed by atoms with Gasteiger partial charge < -0.3 is 9.13 Å². The fraction of sp³-hybridized carbons (Fsp3) is 0.435. The van der Waals surface area contributed by atoms with Crippen LogP contribution in [0.15, 0.2) is 194 Å². The van der Waals surface area contributed by atoms with E-state index >= 15 is 0 Å². The number of hydrogen-bond donors (Lipinski definition) is 0. The summed E-state index contributed by atoms with van der Waals surface area (Å²) < 4.78 is 9.53. The van der Waals surface area contributed by atoms with Gasteiger partial charge in [-0.3, -0.25) is 19.3 Å². The molecule has 0 spiro atoms. The van der Waals surface area contributed by atoms with Crippen molar-refractivity contribution in [2.24, 2.45) is 88.8 Å². The minimum Gasteiger partial charge on any atom is -0.361 e. The van der Waals surface area contributed by atoms with Gasteiger partial charge in [-0.2, -0.15) is 10.2 Å². The molecule has 0 unspecified atom stereocenters. The van der Waals surface area contributed by atoms with Gasteiger partial charge in [0, 0.05) is 92.5 Å². The van der Waals surface area contributed by atoms with Crippen LogP contribution in [0.2, 0.25) is 0 Å². The van der Waals surface area contributed by atoms with E-state index in [4.69, 9.17) is 9.97 Å². The molecule has 0 atom stereocenters. The van der Waals surface area contributed by atoms with Gasteiger partial charge in [-0.25, -0.2) is 0 Å². The molecule has 0 aliphatic heterocycles. The molecule has 16 saturated carbocycles. The first-order valence-electron chi connectivity index (χ1n) is 40.0. The summed E-state index contributed by atoms with van der Waals surface area (Å²) in [4.78, 5) is 10.3. The minimum absolute atomic E-state index is 0. The fourth-order valence-electron chi connectivity index (χ4n) is 25.4. The summed E-state index contributed by atoms with van der Waals surface area (Å²) in [7, 11) is 0. The molecular weight excluding hydrogens is 2040 g/mol. The van der Waals surface area contributed by atoms with Crippen molar-refractivity contribution in [2.45, 2.75) is 159 Å². The van der Waals surface area contributed by atoms with Crippen LogP contribution in [0.1, 0.15) is 153 Å². The number of rotatable bonds is 10. The van der Waals surface area contributed by atoms with Gasteiger partial charge in [0.2, 0.25) is 0 Å². The fourth-order valence-corrected chi connectivity index (χ4v) is 25.4. The van der Waals surface area contributed by atoms with E-state index < -0.39 is 0 Å². The first-order valence-corrected chi connectivity index (χ1v) is 40.0. The van der Waals surface area contributed by atoms with Crippen molar-refractivity contribution in [3.63, 3.8) is 0 Å². The van der Waals surface area contributed by atoms with Crippen LogP contribution in [-0.2, 0) is 86.0 Å². The Kier molecular flexibility index (Phi) is 21.4. The van der Waals surface area contributed by atoms with Crippen LogP contribution in [-0.4, -0.2) is 59.5 Å². The largest absolute Gasteiger partial charge is 0.361 e. The second-order valence-electron chi connectivity index (χ2n) is 34.6. The summed E-state index contributed by atoms with van der Waals surface area (Å²) in [5, 5.41) is 25.4. The molecule has 12 nitrogen and oxygen atoms in total. The number of benzene rings is 8. The molecule has 16 aliphatic rings. The molecule has 28 rings (SSSR count). The summed E-state index contributed by atoms with van der Waals surface area (Å²) in [6, 6.07) is 83.2. The minimum atomic E-state index is 0. The Morgan fingerprint density at radius 1 is 0.306 bits per heavy atom. The van der Waals surface area contributed by atoms with E-state index in [9.17, 15) is 0 Å². The Morgan fingerprint density at radius 3 is 1.18 bits per heavy atom. The number of nitrogens with zero attached hydrogens (tertiary/aromatic N) is 12. The molecule has 4 aromatic heterocycles. The first kappa shape index (κ1) is 74.2. The van der Waals surface area contributed by atoms with E-state index in [1.54, 1.807) is 0 Å². The number of imidazole rings is 2. The van der Waals surface area contributed by atoms with Crippen LogP contribution in [0.3, 0.4) is 0 Å². The van der Waals surface area contributed by atoms with Crippen LogP contribution in [0.25, 0.3) is 89.9 Å². The average Bonchev–Trinajstić information content (AvgIpc) is 1.62. The van der Waals surface area contributed by atoms with Gasteiger partial charge in [-0.15, -0.1) is 137 Å². The van der Waals surface area contributed by atoms with Crippen molar-refractivity contribution in [1.82, 2.24) is 59.5 Å². The summed E-state index contributed by atoms with van der Waals surface area (Å²) in [5.74, 6) is 17.4. The monoisotopic (exact) mass is 2140 g/mol. The maximum atomic E-state index is 5.18. The molecule has 4 radical (unpaired) electrons. The molecule has 108 heavy (non-hydrogen) atoms. The maximum absolute atomic E-state index is 5.18. The van der Waals surface area contributed by atoms with Crippen molar-refractivity contribution in [2.75, 3.05) is 0 Å². The molecule has 8 aromatic carbocycles. The Bertz CT molecular complexity index is 4940. The molecule has 16 aliphatic carbocycles. The van der Waals surface area contributed by atoms with Gasteiger partial charge in [-0.05, 0) is 264 Å². The molecule has 4 heterocycles. The van der Waals surface area contributed by atoms with E-state index in [1.165, 1.54) is 168 Å². The standard InChI is InChI=1S/2C29H27N2.2C17H19N4.4Ir/c1-2-7-21(8-3-1)22-9-6-10-23(18-22)29-30-26-11-4-5-12-27(26)31(29)28-24-14-19-13-20(16-24)17-25(28)15-19;1-2-6-21(7-3-1)22-10-12-23(13-11-22)29-30-26-8-4-5-9-27(26)31(29)28-24-15-19-14-20(17-24)18-25(28)16-19;1-2-4-15(5-3-1)16-18-19-20-21(16)17-9-12-6-13(10-17)8-14(7-12)11-17;1-2-4-13(5-3-1)17-18-19-20-21(17)16-14-7-11-6-12(9-14)10-15(16)8-11;;;;/h1-9,11-12,18-20,24-25,28H,13-17H2;1-12,19-20,24-25,28H,14-18H2;1-4,12-14H,6-11H2;1-4,11-12,14-16H,6-10H2;;;;/q4*-1;;;;. The van der Waals surface area contributed by atoms with Crippen molar-refractivity contribution in [1.29, 1.82) is 0 Å². The number of aromatic nitrogens is 12. The third-order valence-electron chi connectivity index (χ3n) is 28.2. The topological polar surface area (TPSA) is 123 Å². The van der Waals surface area contributed by atoms with Crippen molar-refractivity contribution >= 4 is 22.1 Å². The van der Waals surface area contributed by atoms with E-state index in [1.807, 2.05) is 36.4 Å². The van der Waals surface area contributed by atoms with E-state index in [0.29, 0.717) is 18.1 Å². The summed E-state index contributed by atoms with van der Waals surface area (Å²) in [6.45, 7) is 0. The molecule has 12 aromatic rings. The SMILES string of the molecule is [Ir].[Ir].[Ir].[Ir].[c-]1cc(-c2ccccc2)ccc1-c1nc2ccccc2n1C1C2CC3CC(C2)CC1C3.[c-]1ccc(-c2ccccc2)cc1-c1nc2ccccc2n1C1C2CC3CC(C2)CC1C3.[c-]1ccccc1-c1nnnn1C12CC3CC(CC(C3)C1)C2.[c-]1ccccc1-c1nnnn1C1C2CC3CC(C2)CC1C3. The summed E-state index contributed by atoms with van der Waals surface area (Å²) >= 11 is 0. The van der Waals surface area contributed by atoms with Gasteiger partial charge in [-0.1, -0.05) is 106 Å². The average molecular weight is 2130 g/mol. The Morgan fingerprint density at radius 2 is 0.704 bits per heavy atom. The van der Waals surface area contributed by atoms with Crippen molar-refractivity contribution in [3.05, 3.63) is 218 Å². The second kappa shape index (κ2) is 31.2. The molecule has 16 fully saturated rings. The summed E-state index contributed by atoms with van der Waals surface area (Å²) in [6.07, 6.45) is 29.4. The van der Waals surface area contributed by atoms with Crippen molar-refractivity contribution in [3.8, 4) is 67.8 Å². The molecule has 560 valence electrons. The maximum Gasteiger partial charge on any atom is 0.0990 e. The Labute approximate surface area is 689 Å². The van der Waals surface area contributed by atoms with Crippen LogP contribution in [0.5, 0.6) is 0 Å². The molecule has 0 saturated heterocycles. The van der Waals surface area contributed by atoms with Gasteiger partial charge in [0.15, 0.2) is 0 Å². The van der Waals surface area contributed by atoms with E-state index in [0.717, 1.165) is 145 Å². The zero-order valence-electron chi connectivity index (χ0n) is 60.9. The normalized spacial score (nSPS) is 31.0. The van der Waals surface area contributed by atoms with Crippen LogP contribution < -0.4 is 0 Å². The molecule has 16 heteroatoms. The van der Waals surface area contributed by atoms with E-state index in [-0.39, 0.29) is 86.0 Å². The zero-order chi connectivity index (χ0) is 68.4. The molecule has 16 bridgehead atoms. The van der Waals surface area contributed by atoms with Gasteiger partial charge >= 0.3 is 0 Å². The quantitative estimate of drug-likeness (QED) is 0.124. The van der Waals surface area contributed by atoms with Gasteiger partial charge in [0.1, 0.15) is 0 Å². The number of hydrogen-bond acceptors (Lipinski definition) is 8. The van der Waals surface area contributed by atoms with Crippen LogP contribution >= 0.6 is 0 Å². The Hall–Kier alpha value is -6.56. The third kappa shape index (κ3) is 13.8. The predicted molar refractivity (Wildman–Crippen MR) is 407 cm³/mol.